The van der Waals surface area contributed by atoms with Crippen molar-refractivity contribution in [2.75, 3.05) is 0 Å². The largest absolute Gasteiger partial charge is 1.00 e. The van der Waals surface area contributed by atoms with E-state index in [9.17, 15) is 0 Å². The zero-order valence-corrected chi connectivity index (χ0v) is 42.3. The Kier molecular flexibility index (Phi) is 12.7. The SMILES string of the molecule is Cc1ccccc1-c1cc2c(cc1C(C)(C)C)-c1cc(C(C)(C)C)c(-c3ccccc3C)[c]([Zr+2]([C]3=CC=CC3)=[C](c3ccc4ccccc4c3)c3ccc4ccccc4c3)c1C2.[Cl-].[Cl-]. The summed E-state index contributed by atoms with van der Waals surface area (Å²) >= 11 is -3.23. The van der Waals surface area contributed by atoms with E-state index in [-0.39, 0.29) is 35.6 Å². The van der Waals surface area contributed by atoms with Crippen LogP contribution >= 0.6 is 0 Å². The van der Waals surface area contributed by atoms with Gasteiger partial charge in [0.1, 0.15) is 0 Å². The Morgan fingerprint density at radius 3 is 1.53 bits per heavy atom. The first-order valence-corrected chi connectivity index (χ1v) is 26.1. The van der Waals surface area contributed by atoms with Crippen molar-refractivity contribution in [1.29, 1.82) is 0 Å². The van der Waals surface area contributed by atoms with Crippen LogP contribution < -0.4 is 28.1 Å². The van der Waals surface area contributed by atoms with E-state index in [0.717, 1.165) is 12.8 Å². The van der Waals surface area contributed by atoms with Gasteiger partial charge in [0.15, 0.2) is 0 Å². The van der Waals surface area contributed by atoms with Crippen LogP contribution in [0.15, 0.2) is 173 Å². The summed E-state index contributed by atoms with van der Waals surface area (Å²) in [5.74, 6) is 0. The van der Waals surface area contributed by atoms with Crippen molar-refractivity contribution in [1.82, 2.24) is 0 Å². The molecule has 0 N–H and O–H groups in total. The molecule has 0 saturated heterocycles. The Morgan fingerprint density at radius 2 is 1.00 bits per heavy atom. The fraction of sp³-hybridized carbons (Fsp3) is 0.197. The van der Waals surface area contributed by atoms with Gasteiger partial charge in [-0.1, -0.05) is 0 Å². The first kappa shape index (κ1) is 45.7. The van der Waals surface area contributed by atoms with E-state index in [1.165, 1.54) is 93.9 Å². The van der Waals surface area contributed by atoms with Crippen molar-refractivity contribution >= 4 is 28.0 Å². The minimum Gasteiger partial charge on any atom is -1.00 e. The second kappa shape index (κ2) is 17.8. The smallest absolute Gasteiger partial charge is 1.00 e. The minimum absolute atomic E-state index is 0. The topological polar surface area (TPSA) is 0 Å². The number of aryl methyl sites for hydroxylation is 2. The Hall–Kier alpha value is -4.91. The molecule has 0 aliphatic heterocycles. The molecule has 0 aromatic heterocycles. The van der Waals surface area contributed by atoms with E-state index in [1.807, 2.05) is 0 Å². The third kappa shape index (κ3) is 8.19. The molecule has 8 aromatic rings. The fourth-order valence-electron chi connectivity index (χ4n) is 10.3. The monoisotopic (exact) mass is 948 g/mol. The Labute approximate surface area is 401 Å². The van der Waals surface area contributed by atoms with Gasteiger partial charge in [-0.2, -0.15) is 0 Å². The van der Waals surface area contributed by atoms with Crippen molar-refractivity contribution in [3.8, 4) is 33.4 Å². The summed E-state index contributed by atoms with van der Waals surface area (Å²) in [6.45, 7) is 19.1. The number of allylic oxidation sites excluding steroid dienone is 4. The van der Waals surface area contributed by atoms with E-state index < -0.39 is 21.3 Å². The molecule has 0 nitrogen and oxygen atoms in total. The number of hydrogen-bond donors (Lipinski definition) is 0. The number of halogens is 2. The van der Waals surface area contributed by atoms with Gasteiger partial charge in [-0.3, -0.25) is 0 Å². The molecule has 0 bridgehead atoms. The van der Waals surface area contributed by atoms with Crippen LogP contribution in [0.5, 0.6) is 0 Å². The second-order valence-electron chi connectivity index (χ2n) is 19.8. The molecule has 0 fully saturated rings. The second-order valence-corrected chi connectivity index (χ2v) is 25.6. The normalized spacial score (nSPS) is 12.8. The van der Waals surface area contributed by atoms with Crippen LogP contribution in [0.1, 0.15) is 92.5 Å². The molecule has 0 amide bonds. The van der Waals surface area contributed by atoms with Gasteiger partial charge < -0.3 is 24.8 Å². The number of benzene rings is 8. The molecule has 3 heteroatoms. The molecule has 0 atom stereocenters. The molecule has 0 radical (unpaired) electrons. The minimum atomic E-state index is -3.23. The quantitative estimate of drug-likeness (QED) is 0.156. The Bertz CT molecular complexity index is 3140. The molecular weight excluding hydrogens is 895 g/mol. The molecule has 318 valence electrons. The Morgan fingerprint density at radius 1 is 0.484 bits per heavy atom. The zero-order chi connectivity index (χ0) is 42.9. The van der Waals surface area contributed by atoms with Gasteiger partial charge >= 0.3 is 379 Å². The van der Waals surface area contributed by atoms with Crippen LogP contribution in [-0.4, -0.2) is 3.21 Å². The van der Waals surface area contributed by atoms with E-state index >= 15 is 0 Å². The maximum atomic E-state index is 2.64. The summed E-state index contributed by atoms with van der Waals surface area (Å²) in [5.41, 5.74) is 19.6. The molecule has 2 aliphatic rings. The van der Waals surface area contributed by atoms with E-state index in [0.29, 0.717) is 0 Å². The van der Waals surface area contributed by atoms with Gasteiger partial charge in [0.25, 0.3) is 0 Å². The predicted octanol–water partition coefficient (Wildman–Crippen LogP) is 9.47. The molecule has 0 spiro atoms. The van der Waals surface area contributed by atoms with Gasteiger partial charge in [-0.25, -0.2) is 0 Å². The van der Waals surface area contributed by atoms with Gasteiger partial charge in [0, 0.05) is 0 Å². The summed E-state index contributed by atoms with van der Waals surface area (Å²) < 4.78 is 4.86. The van der Waals surface area contributed by atoms with Crippen LogP contribution in [0.4, 0.5) is 0 Å². The number of hydrogen-bond acceptors (Lipinski definition) is 0. The first-order chi connectivity index (χ1) is 29.8. The maximum absolute atomic E-state index is 3.23. The van der Waals surface area contributed by atoms with Crippen molar-refractivity contribution in [3.63, 3.8) is 0 Å². The summed E-state index contributed by atoms with van der Waals surface area (Å²) in [6.07, 6.45) is 9.20. The van der Waals surface area contributed by atoms with Crippen molar-refractivity contribution in [2.24, 2.45) is 0 Å². The molecule has 10 rings (SSSR count). The maximum Gasteiger partial charge on any atom is -1.00 e. The van der Waals surface area contributed by atoms with Gasteiger partial charge in [-0.15, -0.1) is 0 Å². The third-order valence-corrected chi connectivity index (χ3v) is 21.2. The van der Waals surface area contributed by atoms with Crippen LogP contribution in [-0.2, 0) is 38.5 Å². The first-order valence-electron chi connectivity index (χ1n) is 22.4. The summed E-state index contributed by atoms with van der Waals surface area (Å²) in [5, 5.41) is 5.16. The molecule has 64 heavy (non-hydrogen) atoms. The Balaban J connectivity index is 0.00000280. The summed E-state index contributed by atoms with van der Waals surface area (Å²) in [7, 11) is 0. The molecule has 2 aliphatic carbocycles. The van der Waals surface area contributed by atoms with E-state index in [4.69, 9.17) is 0 Å². The average molecular weight is 951 g/mol. The zero-order valence-electron chi connectivity index (χ0n) is 38.3. The molecule has 0 unspecified atom stereocenters. The third-order valence-electron chi connectivity index (χ3n) is 13.5. The van der Waals surface area contributed by atoms with Crippen LogP contribution in [0, 0.1) is 13.8 Å². The van der Waals surface area contributed by atoms with Gasteiger partial charge in [-0.05, 0) is 0 Å². The van der Waals surface area contributed by atoms with Crippen molar-refractivity contribution in [3.05, 3.63) is 218 Å². The average Bonchev–Trinajstić information content (AvgIpc) is 3.92. The fourth-order valence-corrected chi connectivity index (χ4v) is 18.7. The van der Waals surface area contributed by atoms with Gasteiger partial charge in [0.2, 0.25) is 0 Å². The standard InChI is InChI=1S/C35H37.C21H14.C5H5.2ClH.Zr/c1-22-13-9-11-15-26(22)30-18-24-17-25-19-31(27-16-12-10-14-23(27)2)33(35(6,7)8)21-29(25)28(24)20-32(30)34(3,4)5;1-3-7-20-14-16(9-11-18(20)5-1)13-17-10-12-19-6-2-4-8-21(19)15-17;1-2-4-5-3-1;;;/h9-16,18,20-21H,17H2,1-8H3;1-12,14-15H;1-3H,4H2;2*1H;/q;;;;;+2/p-2. The van der Waals surface area contributed by atoms with Crippen LogP contribution in [0.25, 0.3) is 54.9 Å². The number of rotatable bonds is 6. The van der Waals surface area contributed by atoms with Crippen molar-refractivity contribution in [2.45, 2.75) is 79.1 Å². The summed E-state index contributed by atoms with van der Waals surface area (Å²) in [4.78, 5) is 0. The van der Waals surface area contributed by atoms with Crippen LogP contribution in [0.2, 0.25) is 0 Å². The number of fused-ring (bicyclic) bond motifs is 5. The molecular formula is C61H56Cl2Zr. The molecule has 0 saturated carbocycles. The molecule has 0 heterocycles. The summed E-state index contributed by atoms with van der Waals surface area (Å²) in [6, 6.07) is 58.4. The molecule has 8 aromatic carbocycles. The van der Waals surface area contributed by atoms with Crippen LogP contribution in [0.3, 0.4) is 0 Å². The van der Waals surface area contributed by atoms with E-state index in [2.05, 4.69) is 225 Å². The van der Waals surface area contributed by atoms with Gasteiger partial charge in [0.05, 0.1) is 0 Å². The predicted molar refractivity (Wildman–Crippen MR) is 265 cm³/mol. The van der Waals surface area contributed by atoms with E-state index in [1.54, 1.807) is 15.3 Å². The van der Waals surface area contributed by atoms with Crippen molar-refractivity contribution < 1.29 is 46.1 Å².